The van der Waals surface area contributed by atoms with Gasteiger partial charge in [0, 0.05) is 11.3 Å². The summed E-state index contributed by atoms with van der Waals surface area (Å²) in [6, 6.07) is 11.2. The molecule has 0 aliphatic rings. The first kappa shape index (κ1) is 23.3. The zero-order valence-electron chi connectivity index (χ0n) is 16.3. The van der Waals surface area contributed by atoms with E-state index in [1.54, 1.807) is 30.3 Å². The Balaban J connectivity index is 0.00000392. The largest absolute Gasteiger partial charge is 0.548 e. The summed E-state index contributed by atoms with van der Waals surface area (Å²) >= 11 is 0. The summed E-state index contributed by atoms with van der Waals surface area (Å²) in [7, 11) is 0. The highest BCUT2D eigenvalue weighted by molar-refractivity contribution is 5.95. The fourth-order valence-corrected chi connectivity index (χ4v) is 2.59. The highest BCUT2D eigenvalue weighted by atomic mass is 35.5. The number of ether oxygens (including phenoxy) is 1. The molecule has 0 aliphatic heterocycles. The van der Waals surface area contributed by atoms with Gasteiger partial charge in [-0.3, -0.25) is 5.41 Å². The fourth-order valence-electron chi connectivity index (χ4n) is 2.59. The van der Waals surface area contributed by atoms with Gasteiger partial charge in [-0.25, -0.2) is 0 Å². The number of amidine groups is 1. The number of halogens is 1. The van der Waals surface area contributed by atoms with Gasteiger partial charge >= 0.3 is 0 Å². The van der Waals surface area contributed by atoms with Crippen LogP contribution in [0.1, 0.15) is 43.5 Å². The van der Waals surface area contributed by atoms with Crippen LogP contribution in [0.2, 0.25) is 0 Å². The highest BCUT2D eigenvalue weighted by Gasteiger charge is 2.15. The number of anilines is 1. The molecule has 0 saturated heterocycles. The van der Waals surface area contributed by atoms with Gasteiger partial charge in [0.05, 0.1) is 18.6 Å². The Labute approximate surface area is 172 Å². The van der Waals surface area contributed by atoms with Gasteiger partial charge in [0.2, 0.25) is 0 Å². The quantitative estimate of drug-likeness (QED) is 0.439. The second-order valence-electron chi connectivity index (χ2n) is 6.86. The van der Waals surface area contributed by atoms with Crippen molar-refractivity contribution in [3.8, 4) is 5.75 Å². The molecule has 0 aromatic heterocycles. The Morgan fingerprint density at radius 1 is 1.21 bits per heavy atom. The smallest absolute Gasteiger partial charge is 0.122 e. The minimum Gasteiger partial charge on any atom is -0.548 e. The first-order chi connectivity index (χ1) is 12.8. The number of carbonyl (C=O) groups is 1. The summed E-state index contributed by atoms with van der Waals surface area (Å²) in [4.78, 5) is 11.8. The summed E-state index contributed by atoms with van der Waals surface area (Å²) in [6.45, 7) is 6.68. The van der Waals surface area contributed by atoms with Crippen molar-refractivity contribution >= 4 is 29.9 Å². The van der Waals surface area contributed by atoms with E-state index in [4.69, 9.17) is 15.9 Å². The Morgan fingerprint density at radius 3 is 2.36 bits per heavy atom. The number of benzene rings is 2. The zero-order valence-corrected chi connectivity index (χ0v) is 17.1. The average Bonchev–Trinajstić information content (AvgIpc) is 2.64. The number of nitrogens with one attached hydrogen (secondary N) is 2. The Bertz CT molecular complexity index is 807. The molecule has 0 fully saturated rings. The van der Waals surface area contributed by atoms with Gasteiger partial charge in [0.15, 0.2) is 0 Å². The maximum Gasteiger partial charge on any atom is 0.122 e. The first-order valence-corrected chi connectivity index (χ1v) is 8.98. The Kier molecular flexibility index (Phi) is 8.79. The maximum absolute atomic E-state index is 11.8. The molecule has 6 nitrogen and oxygen atoms in total. The van der Waals surface area contributed by atoms with Crippen LogP contribution in [-0.2, 0) is 11.2 Å². The van der Waals surface area contributed by atoms with Gasteiger partial charge < -0.3 is 25.7 Å². The maximum atomic E-state index is 11.8. The minimum atomic E-state index is -1.23. The second-order valence-corrected chi connectivity index (χ2v) is 6.86. The van der Waals surface area contributed by atoms with Crippen LogP contribution in [0.25, 0.3) is 0 Å². The van der Waals surface area contributed by atoms with Gasteiger partial charge in [0.1, 0.15) is 11.6 Å². The van der Waals surface area contributed by atoms with Gasteiger partial charge in [-0.1, -0.05) is 26.8 Å². The standard InChI is InChI=1S/C21H27N3O3.ClH/c1-4-14-9-16(11-18(10-14)27-12-13(2)3)19(21(25)26)24-17-7-5-15(6-8-17)20(22)23;/h5-11,13,19,24H,4,12H2,1-3H3,(H3,22,23)(H,25,26);1H/p-1. The molecule has 0 aliphatic carbocycles. The third kappa shape index (κ3) is 6.46. The molecule has 0 heterocycles. The number of aryl methyl sites for hydroxylation is 1. The molecule has 0 spiro atoms. The predicted molar refractivity (Wildman–Crippen MR) is 112 cm³/mol. The number of rotatable bonds is 9. The second kappa shape index (κ2) is 10.6. The molecule has 4 N–H and O–H groups in total. The molecule has 1 unspecified atom stereocenters. The van der Waals surface area contributed by atoms with E-state index in [0.717, 1.165) is 12.0 Å². The summed E-state index contributed by atoms with van der Waals surface area (Å²) < 4.78 is 5.79. The van der Waals surface area contributed by atoms with Gasteiger partial charge in [0.25, 0.3) is 0 Å². The van der Waals surface area contributed by atoms with E-state index < -0.39 is 12.0 Å². The lowest BCUT2D eigenvalue weighted by molar-refractivity contribution is -0.307. The summed E-state index contributed by atoms with van der Waals surface area (Å²) in [6.07, 6.45) is 0.763. The molecule has 152 valence electrons. The van der Waals surface area contributed by atoms with Crippen molar-refractivity contribution in [1.29, 1.82) is 5.41 Å². The molecule has 7 heteroatoms. The topological polar surface area (TPSA) is 111 Å². The zero-order chi connectivity index (χ0) is 20.0. The lowest BCUT2D eigenvalue weighted by atomic mass is 10.0. The van der Waals surface area contributed by atoms with Crippen molar-refractivity contribution in [2.75, 3.05) is 11.9 Å². The molecule has 2 aromatic carbocycles. The summed E-state index contributed by atoms with van der Waals surface area (Å²) in [5.41, 5.74) is 8.18. The molecular formula is C21H27ClN3O3-. The van der Waals surface area contributed by atoms with E-state index in [1.165, 1.54) is 0 Å². The molecule has 0 bridgehead atoms. The molecule has 0 saturated carbocycles. The minimum absolute atomic E-state index is 0. The number of nitrogen functional groups attached to an aromatic ring is 1. The van der Waals surface area contributed by atoms with Gasteiger partial charge in [-0.15, -0.1) is 12.4 Å². The number of carbonyl (C=O) groups excluding carboxylic acids is 1. The third-order valence-electron chi connectivity index (χ3n) is 4.06. The molecule has 28 heavy (non-hydrogen) atoms. The van der Waals surface area contributed by atoms with E-state index in [9.17, 15) is 9.90 Å². The van der Waals surface area contributed by atoms with E-state index in [0.29, 0.717) is 35.1 Å². The van der Waals surface area contributed by atoms with Crippen LogP contribution in [-0.4, -0.2) is 18.4 Å². The Morgan fingerprint density at radius 2 is 1.86 bits per heavy atom. The van der Waals surface area contributed by atoms with Crippen molar-refractivity contribution in [3.05, 3.63) is 59.2 Å². The number of hydrogen-bond donors (Lipinski definition) is 3. The molecule has 0 radical (unpaired) electrons. The van der Waals surface area contributed by atoms with Gasteiger partial charge in [-0.05, 0) is 59.9 Å². The van der Waals surface area contributed by atoms with Crippen molar-refractivity contribution in [3.63, 3.8) is 0 Å². The molecule has 0 amide bonds. The van der Waals surface area contributed by atoms with Crippen LogP contribution < -0.4 is 20.9 Å². The summed E-state index contributed by atoms with van der Waals surface area (Å²) in [5, 5.41) is 22.2. The number of nitrogens with two attached hydrogens (primary N) is 1. The monoisotopic (exact) mass is 404 g/mol. The van der Waals surface area contributed by atoms with Gasteiger partial charge in [-0.2, -0.15) is 0 Å². The van der Waals surface area contributed by atoms with Crippen molar-refractivity contribution < 1.29 is 14.6 Å². The van der Waals surface area contributed by atoms with E-state index in [-0.39, 0.29) is 18.2 Å². The summed E-state index contributed by atoms with van der Waals surface area (Å²) in [5.74, 6) is -0.249. The lowest BCUT2D eigenvalue weighted by Crippen LogP contribution is -2.34. The normalized spacial score (nSPS) is 11.4. The van der Waals surface area contributed by atoms with E-state index in [2.05, 4.69) is 19.2 Å². The van der Waals surface area contributed by atoms with Crippen LogP contribution in [0.15, 0.2) is 42.5 Å². The molecule has 2 rings (SSSR count). The third-order valence-corrected chi connectivity index (χ3v) is 4.06. The van der Waals surface area contributed by atoms with Crippen LogP contribution in [0.5, 0.6) is 5.75 Å². The van der Waals surface area contributed by atoms with E-state index in [1.807, 2.05) is 19.1 Å². The number of carboxylic acids is 1. The SMILES string of the molecule is CCc1cc(OCC(C)C)cc(C(Nc2ccc(C(=N)N)cc2)C(=O)[O-])c1.Cl. The Hall–Kier alpha value is -2.73. The number of hydrogen-bond acceptors (Lipinski definition) is 5. The first-order valence-electron chi connectivity index (χ1n) is 8.98. The van der Waals surface area contributed by atoms with Crippen molar-refractivity contribution in [1.82, 2.24) is 0 Å². The van der Waals surface area contributed by atoms with Crippen LogP contribution in [0, 0.1) is 11.3 Å². The predicted octanol–water partition coefficient (Wildman–Crippen LogP) is 2.89. The number of aliphatic carboxylic acids is 1. The molecule has 2 aromatic rings. The van der Waals surface area contributed by atoms with Crippen LogP contribution >= 0.6 is 12.4 Å². The van der Waals surface area contributed by atoms with Crippen molar-refractivity contribution in [2.45, 2.75) is 33.2 Å². The van der Waals surface area contributed by atoms with Crippen LogP contribution in [0.3, 0.4) is 0 Å². The fraction of sp³-hybridized carbons (Fsp3) is 0.333. The van der Waals surface area contributed by atoms with Crippen molar-refractivity contribution in [2.24, 2.45) is 11.7 Å². The van der Waals surface area contributed by atoms with E-state index >= 15 is 0 Å². The van der Waals surface area contributed by atoms with Crippen LogP contribution in [0.4, 0.5) is 5.69 Å². The number of carboxylic acid groups (broad SMARTS) is 1. The molecular weight excluding hydrogens is 378 g/mol. The highest BCUT2D eigenvalue weighted by Crippen LogP contribution is 2.26. The average molecular weight is 405 g/mol. The lowest BCUT2D eigenvalue weighted by Gasteiger charge is -2.23. The molecule has 1 atom stereocenters.